The topological polar surface area (TPSA) is 29.9 Å². The van der Waals surface area contributed by atoms with E-state index >= 15 is 0 Å². The summed E-state index contributed by atoms with van der Waals surface area (Å²) in [6.07, 6.45) is 7.82. The van der Waals surface area contributed by atoms with Gasteiger partial charge in [-0.15, -0.1) is 0 Å². The van der Waals surface area contributed by atoms with Crippen LogP contribution in [0.3, 0.4) is 0 Å². The van der Waals surface area contributed by atoms with Crippen molar-refractivity contribution in [2.45, 2.75) is 52.0 Å². The molecule has 1 aliphatic carbocycles. The second-order valence-corrected chi connectivity index (χ2v) is 5.63. The van der Waals surface area contributed by atoms with E-state index in [1.807, 2.05) is 11.7 Å². The normalized spacial score (nSPS) is 15.8. The van der Waals surface area contributed by atoms with E-state index in [1.54, 1.807) is 0 Å². The lowest BCUT2D eigenvalue weighted by Gasteiger charge is -2.06. The Kier molecular flexibility index (Phi) is 4.21. The van der Waals surface area contributed by atoms with Crippen molar-refractivity contribution in [2.75, 3.05) is 6.54 Å². The van der Waals surface area contributed by atoms with Gasteiger partial charge in [0.25, 0.3) is 0 Å². The molecule has 1 saturated carbocycles. The Balaban J connectivity index is 1.73. The lowest BCUT2D eigenvalue weighted by Crippen LogP contribution is -2.15. The first-order chi connectivity index (χ1) is 8.16. The van der Waals surface area contributed by atoms with Gasteiger partial charge in [0.1, 0.15) is 0 Å². The number of nitrogens with one attached hydrogen (secondary N) is 1. The van der Waals surface area contributed by atoms with Gasteiger partial charge < -0.3 is 5.32 Å². The van der Waals surface area contributed by atoms with E-state index in [2.05, 4.69) is 30.5 Å². The molecule has 1 heterocycles. The molecule has 1 N–H and O–H groups in total. The van der Waals surface area contributed by atoms with Crippen molar-refractivity contribution in [3.05, 3.63) is 17.5 Å². The molecule has 0 atom stereocenters. The molecule has 3 heteroatoms. The second kappa shape index (κ2) is 5.67. The zero-order valence-electron chi connectivity index (χ0n) is 11.4. The van der Waals surface area contributed by atoms with Gasteiger partial charge in [0.15, 0.2) is 0 Å². The molecule has 1 fully saturated rings. The fourth-order valence-corrected chi connectivity index (χ4v) is 2.32. The summed E-state index contributed by atoms with van der Waals surface area (Å²) >= 11 is 0. The summed E-state index contributed by atoms with van der Waals surface area (Å²) in [5.74, 6) is 1.57. The predicted molar refractivity (Wildman–Crippen MR) is 71.0 cm³/mol. The molecular weight excluding hydrogens is 210 g/mol. The molecule has 17 heavy (non-hydrogen) atoms. The van der Waals surface area contributed by atoms with Gasteiger partial charge in [-0.25, -0.2) is 0 Å². The van der Waals surface area contributed by atoms with Crippen LogP contribution in [0.25, 0.3) is 0 Å². The summed E-state index contributed by atoms with van der Waals surface area (Å²) < 4.78 is 1.93. The quantitative estimate of drug-likeness (QED) is 0.737. The van der Waals surface area contributed by atoms with Gasteiger partial charge in [0.2, 0.25) is 0 Å². The van der Waals surface area contributed by atoms with Crippen molar-refractivity contribution in [1.29, 1.82) is 0 Å². The van der Waals surface area contributed by atoms with Crippen molar-refractivity contribution in [3.63, 3.8) is 0 Å². The third-order valence-corrected chi connectivity index (χ3v) is 3.46. The molecular formula is C14H25N3. The maximum atomic E-state index is 4.52. The van der Waals surface area contributed by atoms with Crippen molar-refractivity contribution < 1.29 is 0 Å². The molecule has 0 aliphatic heterocycles. The number of hydrogen-bond donors (Lipinski definition) is 1. The maximum Gasteiger partial charge on any atom is 0.0694 e. The van der Waals surface area contributed by atoms with Crippen LogP contribution in [0.1, 0.15) is 56.7 Å². The number of hydrogen-bond acceptors (Lipinski definition) is 2. The average Bonchev–Trinajstić information content (AvgIpc) is 3.01. The largest absolute Gasteiger partial charge is 0.313 e. The Bertz CT molecular complexity index is 350. The molecule has 0 bridgehead atoms. The Hall–Kier alpha value is -0.830. The molecule has 2 rings (SSSR count). The van der Waals surface area contributed by atoms with E-state index < -0.39 is 0 Å². The highest BCUT2D eigenvalue weighted by atomic mass is 15.3. The van der Waals surface area contributed by atoms with E-state index in [9.17, 15) is 0 Å². The fourth-order valence-electron chi connectivity index (χ4n) is 2.32. The van der Waals surface area contributed by atoms with Gasteiger partial charge in [-0.1, -0.05) is 26.7 Å². The number of aryl methyl sites for hydroxylation is 1. The average molecular weight is 235 g/mol. The van der Waals surface area contributed by atoms with Gasteiger partial charge in [0, 0.05) is 25.4 Å². The first kappa shape index (κ1) is 12.6. The highest BCUT2D eigenvalue weighted by Crippen LogP contribution is 2.33. The number of rotatable bonds is 7. The van der Waals surface area contributed by atoms with Crippen LogP contribution < -0.4 is 5.32 Å². The standard InChI is InChI=1S/C14H25N3/c1-11(2)14-13(10-17(3)16-14)9-15-8-4-5-12-6-7-12/h10-12,15H,4-9H2,1-3H3. The SMILES string of the molecule is CC(C)c1nn(C)cc1CNCCCC1CC1. The summed E-state index contributed by atoms with van der Waals surface area (Å²) in [6, 6.07) is 0. The highest BCUT2D eigenvalue weighted by Gasteiger charge is 2.19. The van der Waals surface area contributed by atoms with Crippen molar-refractivity contribution in [2.24, 2.45) is 13.0 Å². The smallest absolute Gasteiger partial charge is 0.0694 e. The Morgan fingerprint density at radius 1 is 1.47 bits per heavy atom. The number of aromatic nitrogens is 2. The predicted octanol–water partition coefficient (Wildman–Crippen LogP) is 2.82. The molecule has 0 unspecified atom stereocenters. The van der Waals surface area contributed by atoms with Crippen LogP contribution in [0.15, 0.2) is 6.20 Å². The molecule has 0 saturated heterocycles. The zero-order valence-corrected chi connectivity index (χ0v) is 11.4. The first-order valence-electron chi connectivity index (χ1n) is 6.90. The first-order valence-corrected chi connectivity index (χ1v) is 6.90. The van der Waals surface area contributed by atoms with Crippen molar-refractivity contribution >= 4 is 0 Å². The minimum absolute atomic E-state index is 0.513. The summed E-state index contributed by atoms with van der Waals surface area (Å²) in [7, 11) is 2.00. The third-order valence-electron chi connectivity index (χ3n) is 3.46. The molecule has 3 nitrogen and oxygen atoms in total. The molecule has 1 aromatic heterocycles. The highest BCUT2D eigenvalue weighted by molar-refractivity contribution is 5.19. The van der Waals surface area contributed by atoms with Crippen LogP contribution >= 0.6 is 0 Å². The molecule has 1 aromatic rings. The second-order valence-electron chi connectivity index (χ2n) is 5.63. The summed E-state index contributed by atoms with van der Waals surface area (Å²) in [5, 5.41) is 8.06. The fraction of sp³-hybridized carbons (Fsp3) is 0.786. The zero-order chi connectivity index (χ0) is 12.3. The maximum absolute atomic E-state index is 4.52. The van der Waals surface area contributed by atoms with Crippen LogP contribution in [-0.4, -0.2) is 16.3 Å². The summed E-state index contributed by atoms with van der Waals surface area (Å²) in [5.41, 5.74) is 2.59. The monoisotopic (exact) mass is 235 g/mol. The minimum Gasteiger partial charge on any atom is -0.313 e. The van der Waals surface area contributed by atoms with Crippen LogP contribution in [0.2, 0.25) is 0 Å². The van der Waals surface area contributed by atoms with Crippen molar-refractivity contribution in [1.82, 2.24) is 15.1 Å². The van der Waals surface area contributed by atoms with Gasteiger partial charge in [0.05, 0.1) is 5.69 Å². The molecule has 1 aliphatic rings. The van der Waals surface area contributed by atoms with Gasteiger partial charge in [-0.2, -0.15) is 5.10 Å². The third kappa shape index (κ3) is 3.84. The lowest BCUT2D eigenvalue weighted by atomic mass is 10.1. The van der Waals surface area contributed by atoms with E-state index in [0.29, 0.717) is 5.92 Å². The van der Waals surface area contributed by atoms with Crippen LogP contribution in [0, 0.1) is 5.92 Å². The Morgan fingerprint density at radius 3 is 2.88 bits per heavy atom. The minimum atomic E-state index is 0.513. The van der Waals surface area contributed by atoms with Gasteiger partial charge in [-0.3, -0.25) is 4.68 Å². The van der Waals surface area contributed by atoms with E-state index in [1.165, 1.54) is 36.9 Å². The van der Waals surface area contributed by atoms with E-state index in [0.717, 1.165) is 19.0 Å². The van der Waals surface area contributed by atoms with Crippen molar-refractivity contribution in [3.8, 4) is 0 Å². The lowest BCUT2D eigenvalue weighted by molar-refractivity contribution is 0.591. The van der Waals surface area contributed by atoms with Gasteiger partial charge >= 0.3 is 0 Å². The van der Waals surface area contributed by atoms with Crippen LogP contribution in [0.4, 0.5) is 0 Å². The van der Waals surface area contributed by atoms with Crippen LogP contribution in [0.5, 0.6) is 0 Å². The van der Waals surface area contributed by atoms with Crippen LogP contribution in [-0.2, 0) is 13.6 Å². The van der Waals surface area contributed by atoms with Gasteiger partial charge in [-0.05, 0) is 31.2 Å². The molecule has 96 valence electrons. The Morgan fingerprint density at radius 2 is 2.24 bits per heavy atom. The summed E-state index contributed by atoms with van der Waals surface area (Å²) in [6.45, 7) is 6.52. The molecule has 0 radical (unpaired) electrons. The van der Waals surface area contributed by atoms with E-state index in [4.69, 9.17) is 0 Å². The number of nitrogens with zero attached hydrogens (tertiary/aromatic N) is 2. The summed E-state index contributed by atoms with van der Waals surface area (Å²) in [4.78, 5) is 0. The van der Waals surface area contributed by atoms with E-state index in [-0.39, 0.29) is 0 Å². The Labute approximate surface area is 105 Å². The molecule has 0 spiro atoms. The molecule has 0 amide bonds. The molecule has 0 aromatic carbocycles.